The highest BCUT2D eigenvalue weighted by molar-refractivity contribution is 6.31. The summed E-state index contributed by atoms with van der Waals surface area (Å²) in [4.78, 5) is 28.6. The van der Waals surface area contributed by atoms with E-state index in [1.54, 1.807) is 23.1 Å². The molecular weight excluding hydrogens is 533 g/mol. The molecule has 0 spiro atoms. The summed E-state index contributed by atoms with van der Waals surface area (Å²) in [6.45, 7) is 4.83. The molecule has 1 amide bonds. The summed E-state index contributed by atoms with van der Waals surface area (Å²) in [5, 5.41) is 9.42. The molecule has 0 bridgehead atoms. The van der Waals surface area contributed by atoms with E-state index in [4.69, 9.17) is 16.3 Å². The molecule has 3 aliphatic rings. The van der Waals surface area contributed by atoms with Crippen molar-refractivity contribution >= 4 is 23.5 Å². The standard InChI is InChI=1S/C29H32ClF3N2O4/c1-17-14-34(9-7-23(17)18-3-2-4-19(11-18)28(37)38)22-5-6-26(39-16-22)27(36)35-10-8-24-20(15-35)12-21(13-25(24)30)29(31,32)33/h2-4,11-13,17,22-23,26H,5-10,14-16H2,1H3,(H,37,38)/t17-,22+,23-,26+/m0/s1. The Hall–Kier alpha value is -2.62. The Bertz CT molecular complexity index is 1250. The normalized spacial score (nSPS) is 26.2. The van der Waals surface area contributed by atoms with Crippen LogP contribution in [0.5, 0.6) is 0 Å². The van der Waals surface area contributed by atoms with Crippen LogP contribution in [-0.2, 0) is 28.7 Å². The molecule has 39 heavy (non-hydrogen) atoms. The second-order valence-electron chi connectivity index (χ2n) is 11.0. The van der Waals surface area contributed by atoms with E-state index < -0.39 is 23.8 Å². The fourth-order valence-corrected chi connectivity index (χ4v) is 6.66. The van der Waals surface area contributed by atoms with E-state index in [-0.39, 0.29) is 29.4 Å². The van der Waals surface area contributed by atoms with Gasteiger partial charge in [0.25, 0.3) is 5.91 Å². The Morgan fingerprint density at radius 1 is 1.10 bits per heavy atom. The molecule has 0 saturated carbocycles. The topological polar surface area (TPSA) is 70.1 Å². The van der Waals surface area contributed by atoms with Crippen LogP contribution in [-0.4, -0.2) is 65.2 Å². The van der Waals surface area contributed by atoms with Crippen LogP contribution in [0.3, 0.4) is 0 Å². The number of carbonyl (C=O) groups excluding carboxylic acids is 1. The molecular formula is C29H32ClF3N2O4. The number of carboxylic acids is 1. The minimum Gasteiger partial charge on any atom is -0.478 e. The van der Waals surface area contributed by atoms with Crippen LogP contribution >= 0.6 is 11.6 Å². The zero-order chi connectivity index (χ0) is 27.9. The number of carboxylic acid groups (broad SMARTS) is 1. The van der Waals surface area contributed by atoms with E-state index in [0.29, 0.717) is 48.6 Å². The summed E-state index contributed by atoms with van der Waals surface area (Å²) in [6.07, 6.45) is -2.41. The number of fused-ring (bicyclic) bond motifs is 1. The van der Waals surface area contributed by atoms with Crippen molar-refractivity contribution in [1.82, 2.24) is 9.80 Å². The molecule has 210 valence electrons. The quantitative estimate of drug-likeness (QED) is 0.522. The molecule has 5 rings (SSSR count). The van der Waals surface area contributed by atoms with Gasteiger partial charge < -0.3 is 14.7 Å². The third-order valence-corrected chi connectivity index (χ3v) is 8.80. The van der Waals surface area contributed by atoms with Crippen molar-refractivity contribution in [3.8, 4) is 0 Å². The third-order valence-electron chi connectivity index (χ3n) is 8.46. The summed E-state index contributed by atoms with van der Waals surface area (Å²) in [5.41, 5.74) is 1.67. The average molecular weight is 565 g/mol. The minimum absolute atomic E-state index is 0.0925. The number of amides is 1. The Balaban J connectivity index is 1.16. The van der Waals surface area contributed by atoms with E-state index >= 15 is 0 Å². The van der Waals surface area contributed by atoms with Gasteiger partial charge in [0.15, 0.2) is 0 Å². The van der Waals surface area contributed by atoms with Crippen LogP contribution in [0.4, 0.5) is 13.2 Å². The largest absolute Gasteiger partial charge is 0.478 e. The predicted octanol–water partition coefficient (Wildman–Crippen LogP) is 5.61. The SMILES string of the molecule is C[C@H]1CN([C@@H]2CC[C@H](C(=O)N3CCc4c(Cl)cc(C(F)(F)F)cc4C3)OC2)CC[C@@H]1c1cccc(C(=O)O)c1. The number of rotatable bonds is 4. The molecule has 0 aromatic heterocycles. The number of benzene rings is 2. The Kier molecular flexibility index (Phi) is 7.95. The van der Waals surface area contributed by atoms with Crippen LogP contribution in [0.1, 0.15) is 64.7 Å². The number of likely N-dealkylation sites (tertiary alicyclic amines) is 1. The summed E-state index contributed by atoms with van der Waals surface area (Å²) in [7, 11) is 0. The summed E-state index contributed by atoms with van der Waals surface area (Å²) in [5.74, 6) is -0.483. The summed E-state index contributed by atoms with van der Waals surface area (Å²) in [6, 6.07) is 9.43. The lowest BCUT2D eigenvalue weighted by molar-refractivity contribution is -0.150. The van der Waals surface area contributed by atoms with Gasteiger partial charge in [-0.05, 0) is 85.0 Å². The predicted molar refractivity (Wildman–Crippen MR) is 140 cm³/mol. The molecule has 3 aliphatic heterocycles. The minimum atomic E-state index is -4.50. The monoisotopic (exact) mass is 564 g/mol. The maximum atomic E-state index is 13.3. The van der Waals surface area contributed by atoms with E-state index in [0.717, 1.165) is 43.6 Å². The molecule has 1 N–H and O–H groups in total. The number of alkyl halides is 3. The van der Waals surface area contributed by atoms with Gasteiger partial charge in [-0.15, -0.1) is 0 Å². The van der Waals surface area contributed by atoms with Gasteiger partial charge in [-0.3, -0.25) is 9.69 Å². The molecule has 2 aromatic carbocycles. The maximum absolute atomic E-state index is 13.3. The van der Waals surface area contributed by atoms with E-state index in [1.165, 1.54) is 0 Å². The Labute approximate surface area is 230 Å². The van der Waals surface area contributed by atoms with Gasteiger partial charge in [0.2, 0.25) is 0 Å². The van der Waals surface area contributed by atoms with Crippen molar-refractivity contribution in [2.75, 3.05) is 26.2 Å². The van der Waals surface area contributed by atoms with E-state index in [2.05, 4.69) is 11.8 Å². The van der Waals surface area contributed by atoms with Crippen LogP contribution in [0, 0.1) is 5.92 Å². The maximum Gasteiger partial charge on any atom is 0.416 e. The number of aromatic carboxylic acids is 1. The fourth-order valence-electron chi connectivity index (χ4n) is 6.33. The summed E-state index contributed by atoms with van der Waals surface area (Å²) >= 11 is 6.14. The first-order valence-corrected chi connectivity index (χ1v) is 13.7. The summed E-state index contributed by atoms with van der Waals surface area (Å²) < 4.78 is 45.8. The molecule has 2 fully saturated rings. The smallest absolute Gasteiger partial charge is 0.416 e. The molecule has 2 saturated heterocycles. The van der Waals surface area contributed by atoms with Gasteiger partial charge >= 0.3 is 12.1 Å². The lowest BCUT2D eigenvalue weighted by Gasteiger charge is -2.44. The Morgan fingerprint density at radius 2 is 1.90 bits per heavy atom. The van der Waals surface area contributed by atoms with Crippen molar-refractivity contribution < 1.29 is 32.6 Å². The fraction of sp³-hybridized carbons (Fsp3) is 0.517. The molecule has 0 radical (unpaired) electrons. The number of halogens is 4. The molecule has 4 atom stereocenters. The van der Waals surface area contributed by atoms with Crippen molar-refractivity contribution in [3.63, 3.8) is 0 Å². The zero-order valence-electron chi connectivity index (χ0n) is 21.7. The number of ether oxygens (including phenoxy) is 1. The van der Waals surface area contributed by atoms with Crippen molar-refractivity contribution in [3.05, 3.63) is 69.2 Å². The first-order valence-electron chi connectivity index (χ1n) is 13.4. The van der Waals surface area contributed by atoms with Crippen molar-refractivity contribution in [1.29, 1.82) is 0 Å². The molecule has 0 unspecified atom stereocenters. The highest BCUT2D eigenvalue weighted by Gasteiger charge is 2.38. The van der Waals surface area contributed by atoms with Gasteiger partial charge in [-0.1, -0.05) is 30.7 Å². The highest BCUT2D eigenvalue weighted by atomic mass is 35.5. The number of piperidine rings is 1. The van der Waals surface area contributed by atoms with Crippen LogP contribution in [0.2, 0.25) is 5.02 Å². The van der Waals surface area contributed by atoms with E-state index in [1.807, 2.05) is 6.07 Å². The first kappa shape index (κ1) is 27.9. The van der Waals surface area contributed by atoms with Crippen LogP contribution in [0.25, 0.3) is 0 Å². The lowest BCUT2D eigenvalue weighted by atomic mass is 9.80. The Morgan fingerprint density at radius 3 is 2.56 bits per heavy atom. The first-order chi connectivity index (χ1) is 18.5. The number of nitrogens with zero attached hydrogens (tertiary/aromatic N) is 2. The van der Waals surface area contributed by atoms with Gasteiger partial charge in [0.05, 0.1) is 17.7 Å². The molecule has 2 aromatic rings. The number of hydrogen-bond donors (Lipinski definition) is 1. The zero-order valence-corrected chi connectivity index (χ0v) is 22.5. The van der Waals surface area contributed by atoms with Crippen molar-refractivity contribution in [2.45, 2.75) is 63.4 Å². The molecule has 10 heteroatoms. The lowest BCUT2D eigenvalue weighted by Crippen LogP contribution is -2.51. The second kappa shape index (κ2) is 11.1. The third kappa shape index (κ3) is 5.95. The second-order valence-corrected chi connectivity index (χ2v) is 11.4. The number of hydrogen-bond acceptors (Lipinski definition) is 4. The van der Waals surface area contributed by atoms with E-state index in [9.17, 15) is 27.9 Å². The highest BCUT2D eigenvalue weighted by Crippen LogP contribution is 2.37. The molecule has 3 heterocycles. The van der Waals surface area contributed by atoms with Crippen LogP contribution in [0.15, 0.2) is 36.4 Å². The van der Waals surface area contributed by atoms with Gasteiger partial charge in [0.1, 0.15) is 6.10 Å². The number of carbonyl (C=O) groups is 2. The molecule has 6 nitrogen and oxygen atoms in total. The van der Waals surface area contributed by atoms with Gasteiger partial charge in [0, 0.05) is 30.7 Å². The average Bonchev–Trinajstić information content (AvgIpc) is 2.92. The molecule has 0 aliphatic carbocycles. The van der Waals surface area contributed by atoms with Gasteiger partial charge in [-0.25, -0.2) is 4.79 Å². The van der Waals surface area contributed by atoms with Gasteiger partial charge in [-0.2, -0.15) is 13.2 Å². The van der Waals surface area contributed by atoms with Crippen LogP contribution < -0.4 is 0 Å². The van der Waals surface area contributed by atoms with Crippen molar-refractivity contribution in [2.24, 2.45) is 5.92 Å².